The lowest BCUT2D eigenvalue weighted by atomic mass is 9.95. The van der Waals surface area contributed by atoms with Gasteiger partial charge in [-0.3, -0.25) is 19.2 Å². The number of ether oxygens (including phenoxy) is 7. The Kier molecular flexibility index (Phi) is 45.7. The van der Waals surface area contributed by atoms with E-state index in [1.54, 1.807) is 0 Å². The zero-order valence-electron chi connectivity index (χ0n) is 47.0. The van der Waals surface area contributed by atoms with Gasteiger partial charge in [-0.1, -0.05) is 123 Å². The van der Waals surface area contributed by atoms with E-state index in [1.807, 2.05) is 0 Å². The predicted octanol–water partition coefficient (Wildman–Crippen LogP) is 13.5. The Hall–Kier alpha value is -3.49. The van der Waals surface area contributed by atoms with Crippen molar-refractivity contribution in [2.24, 2.45) is 11.8 Å². The highest BCUT2D eigenvalue weighted by atomic mass is 16.7. The number of hydrogen-bond acceptors (Lipinski definition) is 13. The van der Waals surface area contributed by atoms with Crippen molar-refractivity contribution in [3.05, 3.63) is 24.3 Å². The fourth-order valence-electron chi connectivity index (χ4n) is 8.51. The second kappa shape index (κ2) is 49.4. The molecule has 424 valence electrons. The molecule has 0 radical (unpaired) electrons. The lowest BCUT2D eigenvalue weighted by Gasteiger charge is -2.20. The Morgan fingerprint density at radius 3 is 1.63 bits per heavy atom. The molecule has 1 aliphatic rings. The summed E-state index contributed by atoms with van der Waals surface area (Å²) in [4.78, 5) is 67.1. The molecule has 1 heterocycles. The van der Waals surface area contributed by atoms with Gasteiger partial charge in [-0.05, 0) is 122 Å². The molecule has 3 atom stereocenters. The smallest absolute Gasteiger partial charge is 0.407 e. The van der Waals surface area contributed by atoms with E-state index in [2.05, 4.69) is 69.1 Å². The molecule has 0 spiro atoms. The van der Waals surface area contributed by atoms with Crippen molar-refractivity contribution in [2.75, 3.05) is 65.8 Å². The van der Waals surface area contributed by atoms with E-state index in [0.717, 1.165) is 161 Å². The number of unbranched alkanes of at least 4 members (excludes halogenated alkanes) is 13. The summed E-state index contributed by atoms with van der Waals surface area (Å²) in [7, 11) is 0. The van der Waals surface area contributed by atoms with Crippen LogP contribution in [0.1, 0.15) is 234 Å². The molecule has 1 fully saturated rings. The number of amides is 1. The summed E-state index contributed by atoms with van der Waals surface area (Å²) in [5.74, 6) is -2.01. The molecule has 0 aliphatic carbocycles. The van der Waals surface area contributed by atoms with E-state index < -0.39 is 36.3 Å². The number of alkyl carbamates (subject to hydrolysis) is 1. The molecule has 3 unspecified atom stereocenters. The van der Waals surface area contributed by atoms with Crippen LogP contribution in [0.4, 0.5) is 4.79 Å². The monoisotopic (exact) mass is 1030 g/mol. The van der Waals surface area contributed by atoms with Gasteiger partial charge in [0.1, 0.15) is 25.9 Å². The van der Waals surface area contributed by atoms with E-state index >= 15 is 0 Å². The van der Waals surface area contributed by atoms with Crippen molar-refractivity contribution in [1.29, 1.82) is 0 Å². The minimum atomic E-state index is -0.594. The van der Waals surface area contributed by atoms with Crippen LogP contribution in [0.25, 0.3) is 0 Å². The van der Waals surface area contributed by atoms with Gasteiger partial charge < -0.3 is 43.4 Å². The summed E-state index contributed by atoms with van der Waals surface area (Å²) in [5.41, 5.74) is 0. The number of nitrogens with zero attached hydrogens (tertiary/aromatic N) is 1. The van der Waals surface area contributed by atoms with Crippen LogP contribution in [0.5, 0.6) is 0 Å². The Bertz CT molecular complexity index is 1400. The highest BCUT2D eigenvalue weighted by Gasteiger charge is 2.23. The zero-order chi connectivity index (χ0) is 53.3. The third-order valence-electron chi connectivity index (χ3n) is 13.1. The first-order valence-corrected chi connectivity index (χ1v) is 29.5. The largest absolute Gasteiger partial charge is 0.465 e. The van der Waals surface area contributed by atoms with E-state index in [-0.39, 0.29) is 56.9 Å². The first kappa shape index (κ1) is 67.5. The lowest BCUT2D eigenvalue weighted by Crippen LogP contribution is -2.35. The van der Waals surface area contributed by atoms with Crippen molar-refractivity contribution in [2.45, 2.75) is 246 Å². The maximum absolute atomic E-state index is 13.2. The van der Waals surface area contributed by atoms with Gasteiger partial charge in [-0.2, -0.15) is 0 Å². The van der Waals surface area contributed by atoms with Gasteiger partial charge in [0.05, 0.1) is 24.9 Å². The van der Waals surface area contributed by atoms with E-state index in [1.165, 1.54) is 12.8 Å². The van der Waals surface area contributed by atoms with Crippen LogP contribution >= 0.6 is 0 Å². The molecule has 1 saturated heterocycles. The number of esters is 4. The van der Waals surface area contributed by atoms with Gasteiger partial charge in [0.25, 0.3) is 0 Å². The summed E-state index contributed by atoms with van der Waals surface area (Å²) < 4.78 is 40.7. The molecule has 73 heavy (non-hydrogen) atoms. The average Bonchev–Trinajstić information content (AvgIpc) is 3.91. The molecule has 1 amide bonds. The summed E-state index contributed by atoms with van der Waals surface area (Å²) in [5, 5.41) is 2.87. The van der Waals surface area contributed by atoms with Gasteiger partial charge >= 0.3 is 30.0 Å². The van der Waals surface area contributed by atoms with E-state index in [0.29, 0.717) is 52.0 Å². The predicted molar refractivity (Wildman–Crippen MR) is 291 cm³/mol. The van der Waals surface area contributed by atoms with Crippen LogP contribution in [-0.2, 0) is 52.3 Å². The summed E-state index contributed by atoms with van der Waals surface area (Å²) in [6.07, 6.45) is 33.2. The number of carbonyl (C=O) groups excluding carboxylic acids is 5. The summed E-state index contributed by atoms with van der Waals surface area (Å²) >= 11 is 0. The standard InChI is InChI=1S/C59H106N2O12/c1-6-11-16-19-22-30-45-67-57(68-46-31-23-20-17-12-7-2)40-39-56(64)72-50-51(48-70-54(62)36-27-21-24-32-47-69-58(65)52(33-15-10-5)34-25-14-9-4)49-71-55(63)38-37-53(35-26-18-13-8-3)73-59(66)60-41-44-61-42-28-29-43-61/h11-12,16-17,51-53,57H,6-10,13-15,18-50H2,1-5H3,(H,60,66)/b16-11-,17-12-. The van der Waals surface area contributed by atoms with Crippen LogP contribution in [0, 0.1) is 11.8 Å². The molecule has 0 aromatic carbocycles. The quantitative estimate of drug-likeness (QED) is 0.0201. The van der Waals surface area contributed by atoms with Crippen molar-refractivity contribution in [3.8, 4) is 0 Å². The van der Waals surface area contributed by atoms with Crippen molar-refractivity contribution >= 4 is 30.0 Å². The average molecular weight is 1040 g/mol. The molecule has 1 aliphatic heterocycles. The first-order chi connectivity index (χ1) is 35.6. The molecule has 14 nitrogen and oxygen atoms in total. The Morgan fingerprint density at radius 1 is 0.507 bits per heavy atom. The number of rotatable bonds is 50. The molecular formula is C59H106N2O12. The minimum absolute atomic E-state index is 0.0229. The van der Waals surface area contributed by atoms with Gasteiger partial charge in [-0.25, -0.2) is 4.79 Å². The van der Waals surface area contributed by atoms with Crippen molar-refractivity contribution in [3.63, 3.8) is 0 Å². The summed E-state index contributed by atoms with van der Waals surface area (Å²) in [6.45, 7) is 15.2. The number of hydrogen-bond donors (Lipinski definition) is 1. The fourth-order valence-corrected chi connectivity index (χ4v) is 8.51. The molecule has 0 aromatic rings. The van der Waals surface area contributed by atoms with Gasteiger partial charge in [0.2, 0.25) is 0 Å². The second-order valence-corrected chi connectivity index (χ2v) is 19.9. The molecule has 0 bridgehead atoms. The molecule has 1 rings (SSSR count). The number of likely N-dealkylation sites (tertiary alicyclic amines) is 1. The molecule has 0 aromatic heterocycles. The van der Waals surface area contributed by atoms with Gasteiger partial charge in [-0.15, -0.1) is 0 Å². The van der Waals surface area contributed by atoms with Gasteiger partial charge in [0, 0.05) is 45.6 Å². The maximum Gasteiger partial charge on any atom is 0.407 e. The first-order valence-electron chi connectivity index (χ1n) is 29.5. The Balaban J connectivity index is 2.81. The highest BCUT2D eigenvalue weighted by molar-refractivity contribution is 5.72. The molecule has 0 saturated carbocycles. The molecular weight excluding hydrogens is 929 g/mol. The number of allylic oxidation sites excluding steroid dienone is 4. The Morgan fingerprint density at radius 2 is 1.03 bits per heavy atom. The number of carbonyl (C=O) groups is 5. The Labute approximate surface area is 443 Å². The maximum atomic E-state index is 13.2. The minimum Gasteiger partial charge on any atom is -0.465 e. The van der Waals surface area contributed by atoms with E-state index in [9.17, 15) is 24.0 Å². The zero-order valence-corrected chi connectivity index (χ0v) is 47.0. The van der Waals surface area contributed by atoms with Crippen LogP contribution in [-0.4, -0.2) is 113 Å². The third kappa shape index (κ3) is 41.4. The van der Waals surface area contributed by atoms with Crippen molar-refractivity contribution in [1.82, 2.24) is 10.2 Å². The second-order valence-electron chi connectivity index (χ2n) is 19.9. The SMILES string of the molecule is CC/C=C\CCCCOC(CCC(=O)OCC(COC(=O)CCCCCCOC(=O)C(CCCC)CCCCC)COC(=O)CCC(CCCCCC)OC(=O)NCCN1CCCC1)OCCCC/C=C\CC. The van der Waals surface area contributed by atoms with E-state index in [4.69, 9.17) is 33.2 Å². The topological polar surface area (TPSA) is 165 Å². The lowest BCUT2D eigenvalue weighted by molar-refractivity contribution is -0.162. The third-order valence-corrected chi connectivity index (χ3v) is 13.1. The van der Waals surface area contributed by atoms with Crippen LogP contribution in [0.15, 0.2) is 24.3 Å². The van der Waals surface area contributed by atoms with Crippen LogP contribution in [0.2, 0.25) is 0 Å². The summed E-state index contributed by atoms with van der Waals surface area (Å²) in [6, 6.07) is 0. The normalized spacial score (nSPS) is 14.2. The van der Waals surface area contributed by atoms with Gasteiger partial charge in [0.15, 0.2) is 6.29 Å². The number of nitrogens with one attached hydrogen (secondary N) is 1. The van der Waals surface area contributed by atoms with Crippen LogP contribution in [0.3, 0.4) is 0 Å². The van der Waals surface area contributed by atoms with Crippen molar-refractivity contribution < 1.29 is 57.1 Å². The van der Waals surface area contributed by atoms with Crippen LogP contribution < -0.4 is 5.32 Å². The fraction of sp³-hybridized carbons (Fsp3) is 0.847. The molecule has 1 N–H and O–H groups in total. The highest BCUT2D eigenvalue weighted by Crippen LogP contribution is 2.20. The molecule has 14 heteroatoms.